The highest BCUT2D eigenvalue weighted by Crippen LogP contribution is 2.58. The lowest BCUT2D eigenvalue weighted by atomic mass is 9.89. The molecule has 0 spiro atoms. The summed E-state index contributed by atoms with van der Waals surface area (Å²) in [6.45, 7) is 1.06. The second-order valence-electron chi connectivity index (χ2n) is 7.05. The molecule has 8 heteroatoms. The first-order valence-electron chi connectivity index (χ1n) is 9.37. The number of aliphatic hydroxyl groups is 3. The minimum absolute atomic E-state index is 0.00135. The highest BCUT2D eigenvalue weighted by Gasteiger charge is 2.57. The average Bonchev–Trinajstić information content (AvgIpc) is 3.00. The van der Waals surface area contributed by atoms with Gasteiger partial charge in [0.15, 0.2) is 5.60 Å². The number of halogens is 2. The van der Waals surface area contributed by atoms with Crippen molar-refractivity contribution in [1.29, 1.82) is 0 Å². The van der Waals surface area contributed by atoms with Gasteiger partial charge in [-0.05, 0) is 41.3 Å². The monoisotopic (exact) mass is 435 g/mol. The van der Waals surface area contributed by atoms with Crippen molar-refractivity contribution in [3.05, 3.63) is 59.2 Å². The summed E-state index contributed by atoms with van der Waals surface area (Å²) in [5.74, 6) is 0.181. The van der Waals surface area contributed by atoms with Crippen LogP contribution in [0.15, 0.2) is 47.5 Å². The molecule has 1 aliphatic carbocycles. The predicted molar refractivity (Wildman–Crippen MR) is 116 cm³/mol. The molecule has 0 amide bonds. The third kappa shape index (κ3) is 3.67. The SMILES string of the molecule is C/C=C(\C=NC)c1cc(OCC(O)CO)cc2c1-c1ccccc1C2(O)C(F)(F)P. The molecule has 2 aromatic rings. The predicted octanol–water partition coefficient (Wildman–Crippen LogP) is 3.21. The van der Waals surface area contributed by atoms with Crippen LogP contribution in [0.3, 0.4) is 0 Å². The van der Waals surface area contributed by atoms with Gasteiger partial charge in [0.05, 0.1) is 6.61 Å². The summed E-state index contributed by atoms with van der Waals surface area (Å²) >= 11 is 0. The van der Waals surface area contributed by atoms with E-state index in [-0.39, 0.29) is 23.5 Å². The van der Waals surface area contributed by atoms with Crippen LogP contribution in [0.2, 0.25) is 0 Å². The van der Waals surface area contributed by atoms with E-state index in [4.69, 9.17) is 9.84 Å². The van der Waals surface area contributed by atoms with Crippen LogP contribution >= 0.6 is 9.24 Å². The van der Waals surface area contributed by atoms with Gasteiger partial charge in [-0.3, -0.25) is 4.99 Å². The molecule has 2 aromatic carbocycles. The molecule has 160 valence electrons. The molecule has 3 atom stereocenters. The van der Waals surface area contributed by atoms with Crippen molar-refractivity contribution in [3.8, 4) is 16.9 Å². The normalized spacial score (nSPS) is 19.7. The lowest BCUT2D eigenvalue weighted by Gasteiger charge is -2.32. The van der Waals surface area contributed by atoms with E-state index in [1.54, 1.807) is 50.5 Å². The molecule has 5 nitrogen and oxygen atoms in total. The van der Waals surface area contributed by atoms with Crippen LogP contribution in [-0.4, -0.2) is 53.6 Å². The number of hydrogen-bond acceptors (Lipinski definition) is 5. The van der Waals surface area contributed by atoms with Gasteiger partial charge in [0.25, 0.3) is 5.66 Å². The number of alkyl halides is 2. The van der Waals surface area contributed by atoms with Crippen LogP contribution in [0.1, 0.15) is 23.6 Å². The third-order valence-electron chi connectivity index (χ3n) is 5.11. The second-order valence-corrected chi connectivity index (χ2v) is 7.78. The molecule has 1 aliphatic rings. The van der Waals surface area contributed by atoms with Crippen molar-refractivity contribution < 1.29 is 28.8 Å². The lowest BCUT2D eigenvalue weighted by molar-refractivity contribution is -0.0965. The van der Waals surface area contributed by atoms with Gasteiger partial charge in [-0.25, -0.2) is 0 Å². The van der Waals surface area contributed by atoms with Gasteiger partial charge in [-0.2, -0.15) is 8.78 Å². The van der Waals surface area contributed by atoms with Crippen molar-refractivity contribution in [1.82, 2.24) is 0 Å². The molecule has 3 rings (SSSR count). The summed E-state index contributed by atoms with van der Waals surface area (Å²) in [6, 6.07) is 9.52. The Balaban J connectivity index is 2.33. The quantitative estimate of drug-likeness (QED) is 0.461. The third-order valence-corrected chi connectivity index (χ3v) is 5.53. The van der Waals surface area contributed by atoms with Gasteiger partial charge in [0, 0.05) is 24.4 Å². The van der Waals surface area contributed by atoms with Crippen molar-refractivity contribution in [2.75, 3.05) is 20.3 Å². The number of allylic oxidation sites excluding steroid dienone is 2. The fraction of sp³-hybridized carbons (Fsp3) is 0.318. The molecule has 0 aliphatic heterocycles. The van der Waals surface area contributed by atoms with Crippen LogP contribution < -0.4 is 4.74 Å². The molecule has 3 N–H and O–H groups in total. The Kier molecular flexibility index (Phi) is 6.39. The Morgan fingerprint density at radius 3 is 2.60 bits per heavy atom. The first-order chi connectivity index (χ1) is 14.2. The van der Waals surface area contributed by atoms with Gasteiger partial charge >= 0.3 is 0 Å². The zero-order valence-electron chi connectivity index (χ0n) is 16.6. The molecule has 0 aromatic heterocycles. The van der Waals surface area contributed by atoms with E-state index in [2.05, 4.69) is 4.99 Å². The molecule has 3 unspecified atom stereocenters. The molecule has 30 heavy (non-hydrogen) atoms. The molecule has 0 saturated carbocycles. The summed E-state index contributed by atoms with van der Waals surface area (Å²) < 4.78 is 35.1. The first-order valence-corrected chi connectivity index (χ1v) is 9.94. The number of hydrogen-bond donors (Lipinski definition) is 3. The molecular weight excluding hydrogens is 411 g/mol. The molecule has 0 radical (unpaired) electrons. The highest BCUT2D eigenvalue weighted by atomic mass is 31.0. The van der Waals surface area contributed by atoms with E-state index >= 15 is 0 Å². The van der Waals surface area contributed by atoms with Crippen molar-refractivity contribution in [3.63, 3.8) is 0 Å². The largest absolute Gasteiger partial charge is 0.491 e. The number of aliphatic imine (C=N–C) groups is 1. The Labute approximate surface area is 175 Å². The topological polar surface area (TPSA) is 82.3 Å². The van der Waals surface area contributed by atoms with Gasteiger partial charge in [0.1, 0.15) is 18.5 Å². The Hall–Kier alpha value is -2.18. The van der Waals surface area contributed by atoms with Crippen molar-refractivity contribution >= 4 is 21.0 Å². The number of benzene rings is 2. The average molecular weight is 435 g/mol. The van der Waals surface area contributed by atoms with Crippen molar-refractivity contribution in [2.24, 2.45) is 4.99 Å². The maximum atomic E-state index is 14.8. The number of fused-ring (bicyclic) bond motifs is 3. The van der Waals surface area contributed by atoms with Crippen LogP contribution in [0.5, 0.6) is 5.75 Å². The zero-order chi connectivity index (χ0) is 22.1. The summed E-state index contributed by atoms with van der Waals surface area (Å²) in [6.07, 6.45) is 2.26. The zero-order valence-corrected chi connectivity index (χ0v) is 17.8. The second kappa shape index (κ2) is 8.52. The van der Waals surface area contributed by atoms with Gasteiger partial charge in [0.2, 0.25) is 0 Å². The fourth-order valence-corrected chi connectivity index (χ4v) is 4.02. The van der Waals surface area contributed by atoms with Gasteiger partial charge in [-0.1, -0.05) is 39.6 Å². The van der Waals surface area contributed by atoms with Crippen LogP contribution in [0.4, 0.5) is 8.78 Å². The van der Waals surface area contributed by atoms with Crippen LogP contribution in [0, 0.1) is 0 Å². The summed E-state index contributed by atoms with van der Waals surface area (Å²) in [4.78, 5) is 4.05. The molecule has 0 bridgehead atoms. The lowest BCUT2D eigenvalue weighted by Crippen LogP contribution is -2.40. The Bertz CT molecular complexity index is 1000. The highest BCUT2D eigenvalue weighted by molar-refractivity contribution is 7.18. The summed E-state index contributed by atoms with van der Waals surface area (Å²) in [5.41, 5.74) is -3.87. The van der Waals surface area contributed by atoms with Crippen LogP contribution in [-0.2, 0) is 5.60 Å². The standard InChI is InChI=1S/C22H24F2NO4P/c1-3-13(10-25-2)17-8-15(29-12-14(27)11-26)9-19-20(17)16-6-4-5-7-18(16)21(19,28)22(23,24)30/h3-10,14,26-28H,11-12,30H2,1-2H3/b13-3+,25-10?. The van der Waals surface area contributed by atoms with E-state index in [9.17, 15) is 19.0 Å². The van der Waals surface area contributed by atoms with E-state index < -0.39 is 24.0 Å². The number of nitrogens with zero attached hydrogens (tertiary/aromatic N) is 1. The number of aliphatic hydroxyl groups excluding tert-OH is 2. The van der Waals surface area contributed by atoms with Crippen LogP contribution in [0.25, 0.3) is 16.7 Å². The maximum Gasteiger partial charge on any atom is 0.295 e. The minimum Gasteiger partial charge on any atom is -0.491 e. The van der Waals surface area contributed by atoms with E-state index in [0.29, 0.717) is 22.3 Å². The van der Waals surface area contributed by atoms with E-state index in [0.717, 1.165) is 0 Å². The molecule has 0 fully saturated rings. The maximum absolute atomic E-state index is 14.8. The van der Waals surface area contributed by atoms with E-state index in [1.165, 1.54) is 21.4 Å². The first kappa shape index (κ1) is 22.5. The Morgan fingerprint density at radius 2 is 2.00 bits per heavy atom. The number of rotatable bonds is 7. The molecular formula is C22H24F2NO4P. The Morgan fingerprint density at radius 1 is 1.30 bits per heavy atom. The molecule has 0 saturated heterocycles. The smallest absolute Gasteiger partial charge is 0.295 e. The van der Waals surface area contributed by atoms with Gasteiger partial charge in [-0.15, -0.1) is 0 Å². The minimum atomic E-state index is -3.57. The molecule has 0 heterocycles. The van der Waals surface area contributed by atoms with E-state index in [1.807, 2.05) is 0 Å². The fourth-order valence-electron chi connectivity index (χ4n) is 3.71. The van der Waals surface area contributed by atoms with Crippen molar-refractivity contribution in [2.45, 2.75) is 24.3 Å². The van der Waals surface area contributed by atoms with Gasteiger partial charge < -0.3 is 20.1 Å². The summed E-state index contributed by atoms with van der Waals surface area (Å²) in [5, 5.41) is 30.0. The summed E-state index contributed by atoms with van der Waals surface area (Å²) in [7, 11) is 3.03. The number of ether oxygens (including phenoxy) is 1.